The summed E-state index contributed by atoms with van der Waals surface area (Å²) in [5.41, 5.74) is 7.23. The minimum Gasteiger partial charge on any atom is -0.368 e. The van der Waals surface area contributed by atoms with Gasteiger partial charge in [-0.25, -0.2) is 0 Å². The Labute approximate surface area is 214 Å². The van der Waals surface area contributed by atoms with Crippen molar-refractivity contribution in [3.05, 3.63) is 55.0 Å². The minimum atomic E-state index is -0.111. The van der Waals surface area contributed by atoms with Crippen molar-refractivity contribution in [3.8, 4) is 22.6 Å². The van der Waals surface area contributed by atoms with E-state index < -0.39 is 0 Å². The van der Waals surface area contributed by atoms with Crippen LogP contribution >= 0.6 is 0 Å². The van der Waals surface area contributed by atoms with E-state index in [9.17, 15) is 4.79 Å². The zero-order chi connectivity index (χ0) is 25.5. The summed E-state index contributed by atoms with van der Waals surface area (Å²) in [5, 5.41) is 12.8. The van der Waals surface area contributed by atoms with E-state index in [0.717, 1.165) is 65.2 Å². The predicted octanol–water partition coefficient (Wildman–Crippen LogP) is 4.51. The molecule has 1 saturated heterocycles. The third-order valence-electron chi connectivity index (χ3n) is 7.01. The lowest BCUT2D eigenvalue weighted by Gasteiger charge is -2.34. The average Bonchev–Trinajstić information content (AvgIpc) is 3.53. The van der Waals surface area contributed by atoms with Crippen LogP contribution < -0.4 is 10.2 Å². The fourth-order valence-corrected chi connectivity index (χ4v) is 4.80. The lowest BCUT2D eigenvalue weighted by Crippen LogP contribution is -2.44. The van der Waals surface area contributed by atoms with Crippen molar-refractivity contribution in [2.45, 2.75) is 13.8 Å². The lowest BCUT2D eigenvalue weighted by atomic mass is 10.1. The Morgan fingerprint density at radius 3 is 2.65 bits per heavy atom. The minimum absolute atomic E-state index is 0.0470. The van der Waals surface area contributed by atoms with Gasteiger partial charge in [0.25, 0.3) is 0 Å². The average molecular weight is 495 g/mol. The van der Waals surface area contributed by atoms with Crippen LogP contribution in [-0.2, 0) is 4.79 Å². The summed E-state index contributed by atoms with van der Waals surface area (Å²) in [6.45, 7) is 7.87. The third kappa shape index (κ3) is 4.42. The predicted molar refractivity (Wildman–Crippen MR) is 148 cm³/mol. The molecule has 5 heterocycles. The van der Waals surface area contributed by atoms with E-state index in [1.54, 1.807) is 18.6 Å². The first-order chi connectivity index (χ1) is 18.0. The third-order valence-corrected chi connectivity index (χ3v) is 7.01. The van der Waals surface area contributed by atoms with Crippen molar-refractivity contribution in [1.82, 2.24) is 30.0 Å². The number of carbonyl (C=O) groups is 1. The molecule has 1 aliphatic rings. The molecule has 0 saturated carbocycles. The maximum atomic E-state index is 12.1. The van der Waals surface area contributed by atoms with Gasteiger partial charge in [0.1, 0.15) is 5.69 Å². The second-order valence-corrected chi connectivity index (χ2v) is 10.0. The Hall–Kier alpha value is -4.24. The Morgan fingerprint density at radius 2 is 1.84 bits per heavy atom. The Kier molecular flexibility index (Phi) is 5.84. The number of likely N-dealkylation sites (N-methyl/N-ethyl adjacent to an activating group) is 1. The molecule has 0 spiro atoms. The Morgan fingerprint density at radius 1 is 1.00 bits per heavy atom. The number of fused-ring (bicyclic) bond motifs is 2. The van der Waals surface area contributed by atoms with Crippen molar-refractivity contribution in [2.24, 2.45) is 5.92 Å². The molecule has 6 rings (SSSR count). The zero-order valence-electron chi connectivity index (χ0n) is 21.2. The smallest absolute Gasteiger partial charge is 0.226 e. The highest BCUT2D eigenvalue weighted by Gasteiger charge is 2.19. The van der Waals surface area contributed by atoms with Crippen LogP contribution in [0.1, 0.15) is 13.8 Å². The fourth-order valence-electron chi connectivity index (χ4n) is 4.80. The Bertz CT molecular complexity index is 1590. The van der Waals surface area contributed by atoms with Gasteiger partial charge in [-0.2, -0.15) is 5.10 Å². The molecule has 1 amide bonds. The largest absolute Gasteiger partial charge is 0.368 e. The van der Waals surface area contributed by atoms with Crippen LogP contribution in [0.5, 0.6) is 0 Å². The molecule has 4 aromatic heterocycles. The molecular weight excluding hydrogens is 464 g/mol. The van der Waals surface area contributed by atoms with Gasteiger partial charge < -0.3 is 20.1 Å². The molecular formula is C28H30N8O. The van der Waals surface area contributed by atoms with Crippen LogP contribution in [0.4, 0.5) is 11.4 Å². The number of hydrogen-bond donors (Lipinski definition) is 3. The molecule has 37 heavy (non-hydrogen) atoms. The number of amides is 1. The summed E-state index contributed by atoms with van der Waals surface area (Å²) in [5.74, 6) is -0.158. The van der Waals surface area contributed by atoms with Gasteiger partial charge >= 0.3 is 0 Å². The highest BCUT2D eigenvalue weighted by atomic mass is 16.1. The number of aromatic nitrogens is 5. The van der Waals surface area contributed by atoms with Crippen LogP contribution in [-0.4, -0.2) is 69.2 Å². The number of carbonyl (C=O) groups excluding carboxylic acids is 1. The van der Waals surface area contributed by atoms with Crippen molar-refractivity contribution in [3.63, 3.8) is 0 Å². The van der Waals surface area contributed by atoms with Crippen LogP contribution in [0.25, 0.3) is 44.5 Å². The van der Waals surface area contributed by atoms with Crippen molar-refractivity contribution < 1.29 is 4.79 Å². The van der Waals surface area contributed by atoms with E-state index in [-0.39, 0.29) is 11.8 Å². The first-order valence-electron chi connectivity index (χ1n) is 12.6. The second kappa shape index (κ2) is 9.33. The van der Waals surface area contributed by atoms with Crippen LogP contribution in [0.3, 0.4) is 0 Å². The number of rotatable bonds is 5. The fraction of sp³-hybridized carbons (Fsp3) is 0.286. The topological polar surface area (TPSA) is 106 Å². The molecule has 9 heteroatoms. The van der Waals surface area contributed by atoms with E-state index in [0.29, 0.717) is 5.69 Å². The highest BCUT2D eigenvalue weighted by molar-refractivity contribution is 6.00. The molecule has 1 fully saturated rings. The molecule has 0 bridgehead atoms. The van der Waals surface area contributed by atoms with E-state index in [1.165, 1.54) is 11.1 Å². The summed E-state index contributed by atoms with van der Waals surface area (Å²) >= 11 is 0. The molecule has 9 nitrogen and oxygen atoms in total. The lowest BCUT2D eigenvalue weighted by molar-refractivity contribution is -0.118. The van der Waals surface area contributed by atoms with Crippen LogP contribution in [0.15, 0.2) is 55.0 Å². The van der Waals surface area contributed by atoms with Crippen molar-refractivity contribution in [1.29, 1.82) is 0 Å². The molecule has 5 aromatic rings. The number of piperazine rings is 1. The van der Waals surface area contributed by atoms with E-state index in [4.69, 9.17) is 0 Å². The number of anilines is 2. The monoisotopic (exact) mass is 494 g/mol. The van der Waals surface area contributed by atoms with Gasteiger partial charge in [-0.1, -0.05) is 19.9 Å². The van der Waals surface area contributed by atoms with Gasteiger partial charge in [-0.3, -0.25) is 19.9 Å². The summed E-state index contributed by atoms with van der Waals surface area (Å²) in [4.78, 5) is 29.5. The van der Waals surface area contributed by atoms with Gasteiger partial charge in [-0.15, -0.1) is 0 Å². The first-order valence-corrected chi connectivity index (χ1v) is 12.6. The van der Waals surface area contributed by atoms with E-state index >= 15 is 0 Å². The molecule has 0 atom stereocenters. The van der Waals surface area contributed by atoms with E-state index in [1.807, 2.05) is 26.0 Å². The summed E-state index contributed by atoms with van der Waals surface area (Å²) in [6.07, 6.45) is 5.19. The van der Waals surface area contributed by atoms with Gasteiger partial charge in [-0.05, 0) is 37.4 Å². The number of pyridine rings is 2. The van der Waals surface area contributed by atoms with Crippen LogP contribution in [0.2, 0.25) is 0 Å². The number of benzene rings is 1. The first kappa shape index (κ1) is 23.2. The standard InChI is InChI=1S/C28H30N8O/c1-17(2)28(37)31-19-11-18(14-29-15-19)23-13-21-25(16-30-23)33-34-27(21)24-12-20-22(32-24)5-4-6-26(20)36-9-7-35(3)8-10-36/h4-6,11-17,32H,7-10H2,1-3H3,(H,31,37)(H,33,34). The van der Waals surface area contributed by atoms with Gasteiger partial charge in [0.05, 0.1) is 35.0 Å². The number of hydrogen-bond acceptors (Lipinski definition) is 6. The summed E-state index contributed by atoms with van der Waals surface area (Å²) in [7, 11) is 2.17. The molecule has 1 aromatic carbocycles. The van der Waals surface area contributed by atoms with E-state index in [2.05, 4.69) is 71.6 Å². The molecule has 0 aliphatic carbocycles. The molecule has 0 radical (unpaired) electrons. The quantitative estimate of drug-likeness (QED) is 0.332. The number of H-pyrrole nitrogens is 2. The SMILES string of the molecule is CC(C)C(=O)Nc1cncc(-c2cc3c(-c4cc5c(N6CCN(C)CC6)cccc5[nH]4)n[nH]c3cn2)c1. The second-order valence-electron chi connectivity index (χ2n) is 10.0. The molecule has 0 unspecified atom stereocenters. The highest BCUT2D eigenvalue weighted by Crippen LogP contribution is 2.34. The Balaban J connectivity index is 1.36. The zero-order valence-corrected chi connectivity index (χ0v) is 21.2. The number of nitrogens with zero attached hydrogens (tertiary/aromatic N) is 5. The normalized spacial score (nSPS) is 14.6. The molecule has 3 N–H and O–H groups in total. The maximum Gasteiger partial charge on any atom is 0.226 e. The van der Waals surface area contributed by atoms with Gasteiger partial charge in [0.15, 0.2) is 0 Å². The molecule has 188 valence electrons. The summed E-state index contributed by atoms with van der Waals surface area (Å²) < 4.78 is 0. The van der Waals surface area contributed by atoms with Gasteiger partial charge in [0, 0.05) is 65.8 Å². The number of aromatic amines is 2. The maximum absolute atomic E-state index is 12.1. The number of nitrogens with one attached hydrogen (secondary N) is 3. The van der Waals surface area contributed by atoms with Crippen molar-refractivity contribution in [2.75, 3.05) is 43.4 Å². The summed E-state index contributed by atoms with van der Waals surface area (Å²) in [6, 6.07) is 12.5. The van der Waals surface area contributed by atoms with Crippen molar-refractivity contribution >= 4 is 39.1 Å². The van der Waals surface area contributed by atoms with Crippen LogP contribution in [0, 0.1) is 5.92 Å². The van der Waals surface area contributed by atoms with Gasteiger partial charge in [0.2, 0.25) is 5.91 Å². The molecule has 1 aliphatic heterocycles.